The lowest BCUT2D eigenvalue weighted by Gasteiger charge is -2.34. The van der Waals surface area contributed by atoms with E-state index in [4.69, 9.17) is 10.2 Å². The number of halogens is 2. The summed E-state index contributed by atoms with van der Waals surface area (Å²) in [6.07, 6.45) is 2.96. The minimum Gasteiger partial charge on any atom is -0.439 e. The Morgan fingerprint density at radius 3 is 2.35 bits per heavy atom. The molecule has 31 heavy (non-hydrogen) atoms. The molecule has 1 aliphatic heterocycles. The highest BCUT2D eigenvalue weighted by atomic mass is 35.5. The fourth-order valence-corrected chi connectivity index (χ4v) is 3.63. The molecular formula is C23H28Cl2N4O2. The molecule has 1 saturated heterocycles. The number of hydrogen-bond donors (Lipinski definition) is 1. The fraction of sp³-hybridized carbons (Fsp3) is 0.304. The van der Waals surface area contributed by atoms with Crippen molar-refractivity contribution in [2.24, 2.45) is 0 Å². The van der Waals surface area contributed by atoms with Gasteiger partial charge in [0.1, 0.15) is 0 Å². The van der Waals surface area contributed by atoms with Crippen LogP contribution in [0.15, 0.2) is 65.2 Å². The predicted molar refractivity (Wildman–Crippen MR) is 127 cm³/mol. The SMILES string of the molecule is Cl.Cl.Nc1ccccc1CCC(=O)N1CCN(Cc2ncc(-c3ccccc3)o2)CC1. The highest BCUT2D eigenvalue weighted by Gasteiger charge is 2.22. The Bertz CT molecular complexity index is 957. The smallest absolute Gasteiger partial charge is 0.222 e. The van der Waals surface area contributed by atoms with Gasteiger partial charge in [-0.05, 0) is 18.1 Å². The van der Waals surface area contributed by atoms with Gasteiger partial charge in [0.05, 0.1) is 12.7 Å². The van der Waals surface area contributed by atoms with Crippen molar-refractivity contribution in [1.82, 2.24) is 14.8 Å². The molecule has 2 N–H and O–H groups in total. The van der Waals surface area contributed by atoms with Crippen molar-refractivity contribution >= 4 is 36.4 Å². The number of carbonyl (C=O) groups is 1. The number of aryl methyl sites for hydroxylation is 1. The topological polar surface area (TPSA) is 75.6 Å². The normalized spacial score (nSPS) is 13.9. The molecule has 0 atom stereocenters. The summed E-state index contributed by atoms with van der Waals surface area (Å²) in [6.45, 7) is 3.77. The number of rotatable bonds is 6. The van der Waals surface area contributed by atoms with Crippen LogP contribution < -0.4 is 5.73 Å². The van der Waals surface area contributed by atoms with Gasteiger partial charge in [-0.25, -0.2) is 4.98 Å². The number of nitrogens with two attached hydrogens (primary N) is 1. The average molecular weight is 463 g/mol. The van der Waals surface area contributed by atoms with Crippen LogP contribution >= 0.6 is 24.8 Å². The van der Waals surface area contributed by atoms with Gasteiger partial charge >= 0.3 is 0 Å². The maximum atomic E-state index is 12.5. The van der Waals surface area contributed by atoms with Crippen LogP contribution in [0.2, 0.25) is 0 Å². The Morgan fingerprint density at radius 1 is 0.968 bits per heavy atom. The van der Waals surface area contributed by atoms with Crippen LogP contribution in [0.3, 0.4) is 0 Å². The van der Waals surface area contributed by atoms with Crippen molar-refractivity contribution in [2.45, 2.75) is 19.4 Å². The van der Waals surface area contributed by atoms with Crippen LogP contribution in [-0.2, 0) is 17.8 Å². The zero-order valence-corrected chi connectivity index (χ0v) is 18.9. The second-order valence-electron chi connectivity index (χ2n) is 7.34. The lowest BCUT2D eigenvalue weighted by Crippen LogP contribution is -2.48. The summed E-state index contributed by atoms with van der Waals surface area (Å²) in [5, 5.41) is 0. The highest BCUT2D eigenvalue weighted by molar-refractivity contribution is 5.85. The van der Waals surface area contributed by atoms with Gasteiger partial charge in [-0.15, -0.1) is 24.8 Å². The van der Waals surface area contributed by atoms with Crippen molar-refractivity contribution in [2.75, 3.05) is 31.9 Å². The molecule has 0 radical (unpaired) electrons. The number of aromatic nitrogens is 1. The first-order valence-electron chi connectivity index (χ1n) is 10.0. The number of hydrogen-bond acceptors (Lipinski definition) is 5. The highest BCUT2D eigenvalue weighted by Crippen LogP contribution is 2.21. The van der Waals surface area contributed by atoms with Gasteiger partial charge in [-0.3, -0.25) is 9.69 Å². The molecule has 1 aliphatic rings. The van der Waals surface area contributed by atoms with Gasteiger partial charge in [0.2, 0.25) is 11.8 Å². The second-order valence-corrected chi connectivity index (χ2v) is 7.34. The summed E-state index contributed by atoms with van der Waals surface area (Å²) in [5.41, 5.74) is 8.79. The Labute approximate surface area is 195 Å². The number of oxazole rings is 1. The molecule has 0 unspecified atom stereocenters. The molecule has 8 heteroatoms. The lowest BCUT2D eigenvalue weighted by atomic mass is 10.1. The number of piperazine rings is 1. The fourth-order valence-electron chi connectivity index (χ4n) is 3.63. The Balaban J connectivity index is 0.00000171. The molecule has 2 heterocycles. The Morgan fingerprint density at radius 2 is 1.65 bits per heavy atom. The summed E-state index contributed by atoms with van der Waals surface area (Å²) in [7, 11) is 0. The van der Waals surface area contributed by atoms with Crippen LogP contribution in [0.1, 0.15) is 17.9 Å². The number of benzene rings is 2. The maximum absolute atomic E-state index is 12.5. The van der Waals surface area contributed by atoms with Crippen molar-refractivity contribution in [3.05, 3.63) is 72.2 Å². The van der Waals surface area contributed by atoms with Crippen LogP contribution in [0.5, 0.6) is 0 Å². The standard InChI is InChI=1S/C23H26N4O2.2ClH/c24-20-9-5-4-6-18(20)10-11-23(28)27-14-12-26(13-15-27)17-22-25-16-21(29-22)19-7-2-1-3-8-19;;/h1-9,16H,10-15,17,24H2;2*1H. The molecular weight excluding hydrogens is 435 g/mol. The summed E-state index contributed by atoms with van der Waals surface area (Å²) in [4.78, 5) is 21.2. The summed E-state index contributed by atoms with van der Waals surface area (Å²) in [6, 6.07) is 17.7. The van der Waals surface area contributed by atoms with E-state index < -0.39 is 0 Å². The summed E-state index contributed by atoms with van der Waals surface area (Å²) in [5.74, 6) is 1.69. The first-order chi connectivity index (χ1) is 14.2. The third-order valence-electron chi connectivity index (χ3n) is 5.36. The zero-order chi connectivity index (χ0) is 20.1. The summed E-state index contributed by atoms with van der Waals surface area (Å²) < 4.78 is 5.90. The molecule has 0 bridgehead atoms. The maximum Gasteiger partial charge on any atom is 0.222 e. The van der Waals surface area contributed by atoms with Crippen molar-refractivity contribution in [3.8, 4) is 11.3 Å². The van der Waals surface area contributed by atoms with Crippen LogP contribution in [0, 0.1) is 0 Å². The molecule has 4 rings (SSSR count). The van der Waals surface area contributed by atoms with E-state index in [0.717, 1.165) is 48.8 Å². The number of anilines is 1. The van der Waals surface area contributed by atoms with E-state index in [-0.39, 0.29) is 30.7 Å². The van der Waals surface area contributed by atoms with Gasteiger partial charge in [0, 0.05) is 43.9 Å². The van der Waals surface area contributed by atoms with E-state index in [0.29, 0.717) is 25.3 Å². The van der Waals surface area contributed by atoms with Gasteiger partial charge in [-0.1, -0.05) is 48.5 Å². The first-order valence-corrected chi connectivity index (χ1v) is 10.0. The third-order valence-corrected chi connectivity index (χ3v) is 5.36. The van der Waals surface area contributed by atoms with E-state index in [9.17, 15) is 4.79 Å². The Kier molecular flexibility index (Phi) is 9.37. The molecule has 1 fully saturated rings. The average Bonchev–Trinajstić information content (AvgIpc) is 3.23. The molecule has 1 aromatic heterocycles. The molecule has 0 spiro atoms. The number of carbonyl (C=O) groups excluding carboxylic acids is 1. The van der Waals surface area contributed by atoms with Crippen molar-refractivity contribution < 1.29 is 9.21 Å². The van der Waals surface area contributed by atoms with E-state index in [1.165, 1.54) is 0 Å². The first kappa shape index (κ1) is 24.7. The van der Waals surface area contributed by atoms with Gasteiger partial charge in [-0.2, -0.15) is 0 Å². The van der Waals surface area contributed by atoms with Gasteiger partial charge < -0.3 is 15.1 Å². The van der Waals surface area contributed by atoms with Crippen LogP contribution in [0.25, 0.3) is 11.3 Å². The van der Waals surface area contributed by atoms with Crippen molar-refractivity contribution in [1.29, 1.82) is 0 Å². The van der Waals surface area contributed by atoms with E-state index in [2.05, 4.69) is 9.88 Å². The minimum atomic E-state index is 0. The second kappa shape index (κ2) is 11.7. The quantitative estimate of drug-likeness (QED) is 0.559. The third kappa shape index (κ3) is 6.47. The molecule has 2 aromatic carbocycles. The number of amides is 1. The van der Waals surface area contributed by atoms with E-state index >= 15 is 0 Å². The van der Waals surface area contributed by atoms with Gasteiger partial charge in [0.25, 0.3) is 0 Å². The predicted octanol–water partition coefficient (Wildman–Crippen LogP) is 4.04. The monoisotopic (exact) mass is 462 g/mol. The van der Waals surface area contributed by atoms with E-state index in [1.54, 1.807) is 6.20 Å². The van der Waals surface area contributed by atoms with Crippen LogP contribution in [-0.4, -0.2) is 46.9 Å². The zero-order valence-electron chi connectivity index (χ0n) is 17.3. The molecule has 3 aromatic rings. The molecule has 166 valence electrons. The number of nitrogens with zero attached hydrogens (tertiary/aromatic N) is 3. The minimum absolute atomic E-state index is 0. The number of para-hydroxylation sites is 1. The van der Waals surface area contributed by atoms with Crippen LogP contribution in [0.4, 0.5) is 5.69 Å². The van der Waals surface area contributed by atoms with Gasteiger partial charge in [0.15, 0.2) is 5.76 Å². The molecule has 0 aliphatic carbocycles. The number of nitrogen functional groups attached to an aromatic ring is 1. The van der Waals surface area contributed by atoms with Crippen molar-refractivity contribution in [3.63, 3.8) is 0 Å². The molecule has 0 saturated carbocycles. The Hall–Kier alpha value is -2.54. The molecule has 6 nitrogen and oxygen atoms in total. The van der Waals surface area contributed by atoms with E-state index in [1.807, 2.05) is 59.5 Å². The molecule has 1 amide bonds. The lowest BCUT2D eigenvalue weighted by molar-refractivity contribution is -0.133. The largest absolute Gasteiger partial charge is 0.439 e. The summed E-state index contributed by atoms with van der Waals surface area (Å²) >= 11 is 0.